The summed E-state index contributed by atoms with van der Waals surface area (Å²) in [6.07, 6.45) is 0.841. The van der Waals surface area contributed by atoms with Crippen molar-refractivity contribution in [3.05, 3.63) is 0 Å². The monoisotopic (exact) mass is 214 g/mol. The first-order valence-electron chi connectivity index (χ1n) is 5.18. The van der Waals surface area contributed by atoms with Crippen LogP contribution in [-0.2, 0) is 9.47 Å². The molecular weight excluding hydrogens is 192 g/mol. The number of nitrogens with zero attached hydrogens (tertiary/aromatic N) is 2. The van der Waals surface area contributed by atoms with Gasteiger partial charge in [-0.05, 0) is 13.8 Å². The minimum Gasteiger partial charge on any atom is -0.383 e. The Kier molecular flexibility index (Phi) is 9.32. The van der Waals surface area contributed by atoms with Crippen LogP contribution in [0, 0.1) is 0 Å². The molecule has 0 heterocycles. The Balaban J connectivity index is 3.78. The number of aliphatic imine (C=N–C) groups is 2. The van der Waals surface area contributed by atoms with E-state index in [9.17, 15) is 0 Å². The minimum absolute atomic E-state index is 0.678. The smallest absolute Gasteiger partial charge is 0.0658 e. The fraction of sp³-hybridized carbons (Fsp3) is 0.818. The fourth-order valence-corrected chi connectivity index (χ4v) is 1.14. The summed E-state index contributed by atoms with van der Waals surface area (Å²) in [6.45, 7) is 6.85. The molecule has 0 saturated carbocycles. The highest BCUT2D eigenvalue weighted by Crippen LogP contribution is 1.92. The Morgan fingerprint density at radius 1 is 0.867 bits per heavy atom. The topological polar surface area (TPSA) is 43.2 Å². The van der Waals surface area contributed by atoms with Crippen LogP contribution in [0.3, 0.4) is 0 Å². The van der Waals surface area contributed by atoms with Crippen molar-refractivity contribution in [2.24, 2.45) is 9.98 Å². The maximum absolute atomic E-state index is 4.92. The second kappa shape index (κ2) is 9.80. The Hall–Kier alpha value is -0.740. The molecule has 0 saturated heterocycles. The van der Waals surface area contributed by atoms with E-state index in [4.69, 9.17) is 9.47 Å². The molecule has 88 valence electrons. The molecule has 0 radical (unpaired) electrons. The van der Waals surface area contributed by atoms with Gasteiger partial charge in [-0.15, -0.1) is 0 Å². The standard InChI is InChI=1S/C11H22N2O2/c1-10(12-5-7-14-3)9-11(2)13-6-8-15-4/h5-9H2,1-4H3. The predicted molar refractivity (Wildman–Crippen MR) is 64.3 cm³/mol. The zero-order chi connectivity index (χ0) is 11.5. The van der Waals surface area contributed by atoms with E-state index in [0.717, 1.165) is 30.9 Å². The molecule has 0 amide bonds. The fourth-order valence-electron chi connectivity index (χ4n) is 1.14. The molecule has 0 aromatic rings. The molecule has 0 bridgehead atoms. The summed E-state index contributed by atoms with van der Waals surface area (Å²) in [4.78, 5) is 8.72. The van der Waals surface area contributed by atoms with Gasteiger partial charge < -0.3 is 9.47 Å². The molecule has 0 N–H and O–H groups in total. The summed E-state index contributed by atoms with van der Waals surface area (Å²) in [7, 11) is 3.37. The van der Waals surface area contributed by atoms with E-state index in [0.29, 0.717) is 13.2 Å². The Bertz CT molecular complexity index is 191. The Morgan fingerprint density at radius 3 is 1.60 bits per heavy atom. The first-order valence-corrected chi connectivity index (χ1v) is 5.18. The maximum Gasteiger partial charge on any atom is 0.0658 e. The first kappa shape index (κ1) is 14.3. The number of rotatable bonds is 8. The van der Waals surface area contributed by atoms with Crippen molar-refractivity contribution in [1.82, 2.24) is 0 Å². The molecule has 0 aliphatic rings. The van der Waals surface area contributed by atoms with Crippen LogP contribution in [0.1, 0.15) is 20.3 Å². The lowest BCUT2D eigenvalue weighted by Gasteiger charge is -2.01. The second-order valence-electron chi connectivity index (χ2n) is 3.40. The lowest BCUT2D eigenvalue weighted by molar-refractivity contribution is 0.208. The highest BCUT2D eigenvalue weighted by Gasteiger charge is 1.95. The highest BCUT2D eigenvalue weighted by atomic mass is 16.5. The molecule has 4 heteroatoms. The molecule has 0 rings (SSSR count). The maximum atomic E-state index is 4.92. The zero-order valence-corrected chi connectivity index (χ0v) is 10.2. The number of ether oxygens (including phenoxy) is 2. The quantitative estimate of drug-likeness (QED) is 0.455. The van der Waals surface area contributed by atoms with Crippen molar-refractivity contribution >= 4 is 11.4 Å². The molecule has 15 heavy (non-hydrogen) atoms. The van der Waals surface area contributed by atoms with E-state index >= 15 is 0 Å². The van der Waals surface area contributed by atoms with Gasteiger partial charge in [0.05, 0.1) is 26.3 Å². The summed E-state index contributed by atoms with van der Waals surface area (Å²) >= 11 is 0. The lowest BCUT2D eigenvalue weighted by atomic mass is 10.2. The molecule has 0 aliphatic heterocycles. The van der Waals surface area contributed by atoms with E-state index in [-0.39, 0.29) is 0 Å². The SMILES string of the molecule is COCCN=C(C)CC(C)=NCCOC. The summed E-state index contributed by atoms with van der Waals surface area (Å²) < 4.78 is 9.85. The lowest BCUT2D eigenvalue weighted by Crippen LogP contribution is -2.05. The molecule has 4 nitrogen and oxygen atoms in total. The molecular formula is C11H22N2O2. The van der Waals surface area contributed by atoms with E-state index in [2.05, 4.69) is 9.98 Å². The van der Waals surface area contributed by atoms with Crippen LogP contribution in [0.2, 0.25) is 0 Å². The van der Waals surface area contributed by atoms with Gasteiger partial charge in [-0.25, -0.2) is 0 Å². The Morgan fingerprint density at radius 2 is 1.27 bits per heavy atom. The Labute approximate surface area is 92.4 Å². The second-order valence-corrected chi connectivity index (χ2v) is 3.40. The summed E-state index contributed by atoms with van der Waals surface area (Å²) in [5, 5.41) is 0. The molecule has 0 aromatic carbocycles. The van der Waals surface area contributed by atoms with Gasteiger partial charge in [0.2, 0.25) is 0 Å². The molecule has 0 atom stereocenters. The number of methoxy groups -OCH3 is 2. The van der Waals surface area contributed by atoms with E-state index in [1.165, 1.54) is 0 Å². The van der Waals surface area contributed by atoms with Crippen LogP contribution in [-0.4, -0.2) is 51.9 Å². The third-order valence-electron chi connectivity index (χ3n) is 1.87. The highest BCUT2D eigenvalue weighted by molar-refractivity contribution is 6.02. The van der Waals surface area contributed by atoms with Crippen molar-refractivity contribution in [2.75, 3.05) is 40.5 Å². The predicted octanol–water partition coefficient (Wildman–Crippen LogP) is 1.59. The van der Waals surface area contributed by atoms with E-state index < -0.39 is 0 Å². The average Bonchev–Trinajstić information content (AvgIpc) is 2.18. The van der Waals surface area contributed by atoms with Crippen LogP contribution >= 0.6 is 0 Å². The van der Waals surface area contributed by atoms with Gasteiger partial charge in [0.15, 0.2) is 0 Å². The first-order chi connectivity index (χ1) is 7.20. The van der Waals surface area contributed by atoms with Crippen LogP contribution in [0.25, 0.3) is 0 Å². The largest absolute Gasteiger partial charge is 0.383 e. The van der Waals surface area contributed by atoms with Crippen molar-refractivity contribution in [2.45, 2.75) is 20.3 Å². The van der Waals surface area contributed by atoms with Crippen LogP contribution < -0.4 is 0 Å². The van der Waals surface area contributed by atoms with Gasteiger partial charge in [0.25, 0.3) is 0 Å². The number of hydrogen-bond donors (Lipinski definition) is 0. The van der Waals surface area contributed by atoms with Crippen LogP contribution in [0.4, 0.5) is 0 Å². The summed E-state index contributed by atoms with van der Waals surface area (Å²) in [6, 6.07) is 0. The van der Waals surface area contributed by atoms with Gasteiger partial charge in [0, 0.05) is 32.1 Å². The van der Waals surface area contributed by atoms with Crippen LogP contribution in [0.15, 0.2) is 9.98 Å². The van der Waals surface area contributed by atoms with Gasteiger partial charge in [-0.1, -0.05) is 0 Å². The zero-order valence-electron chi connectivity index (χ0n) is 10.2. The van der Waals surface area contributed by atoms with Gasteiger partial charge in [0.1, 0.15) is 0 Å². The normalized spacial score (nSPS) is 13.3. The molecule has 0 aromatic heterocycles. The summed E-state index contributed by atoms with van der Waals surface area (Å²) in [5.74, 6) is 0. The average molecular weight is 214 g/mol. The van der Waals surface area contributed by atoms with E-state index in [1.54, 1.807) is 14.2 Å². The third kappa shape index (κ3) is 9.56. The van der Waals surface area contributed by atoms with Crippen molar-refractivity contribution in [3.63, 3.8) is 0 Å². The van der Waals surface area contributed by atoms with Gasteiger partial charge >= 0.3 is 0 Å². The van der Waals surface area contributed by atoms with Crippen molar-refractivity contribution in [3.8, 4) is 0 Å². The van der Waals surface area contributed by atoms with Crippen molar-refractivity contribution in [1.29, 1.82) is 0 Å². The minimum atomic E-state index is 0.678. The molecule has 0 spiro atoms. The number of hydrogen-bond acceptors (Lipinski definition) is 4. The van der Waals surface area contributed by atoms with E-state index in [1.807, 2.05) is 13.8 Å². The molecule has 0 fully saturated rings. The summed E-state index contributed by atoms with van der Waals surface area (Å²) in [5.41, 5.74) is 2.21. The van der Waals surface area contributed by atoms with Crippen molar-refractivity contribution < 1.29 is 9.47 Å². The van der Waals surface area contributed by atoms with Gasteiger partial charge in [-0.3, -0.25) is 9.98 Å². The van der Waals surface area contributed by atoms with Crippen LogP contribution in [0.5, 0.6) is 0 Å². The molecule has 0 aliphatic carbocycles. The third-order valence-corrected chi connectivity index (χ3v) is 1.87. The molecule has 0 unspecified atom stereocenters. The van der Waals surface area contributed by atoms with Gasteiger partial charge in [-0.2, -0.15) is 0 Å².